The molecule has 1 aromatic carbocycles. The molecular weight excluding hydrogens is 345 g/mol. The van der Waals surface area contributed by atoms with E-state index in [4.69, 9.17) is 13.9 Å². The zero-order valence-electron chi connectivity index (χ0n) is 14.6. The molecule has 136 valence electrons. The largest absolute Gasteiger partial charge is 0.459 e. The van der Waals surface area contributed by atoms with Crippen molar-refractivity contribution in [2.75, 3.05) is 24.3 Å². The summed E-state index contributed by atoms with van der Waals surface area (Å²) < 4.78 is 31.2. The molecule has 0 spiro atoms. The highest BCUT2D eigenvalue weighted by molar-refractivity contribution is 8.13. The van der Waals surface area contributed by atoms with Crippen molar-refractivity contribution in [2.45, 2.75) is 39.5 Å². The average Bonchev–Trinajstić information content (AvgIpc) is 3.24. The molecule has 0 unspecified atom stereocenters. The highest BCUT2D eigenvalue weighted by Gasteiger charge is 2.25. The summed E-state index contributed by atoms with van der Waals surface area (Å²) in [5.74, 6) is 0.250. The summed E-state index contributed by atoms with van der Waals surface area (Å²) >= 11 is 1.27. The number of fused-ring (bicyclic) bond motifs is 1. The predicted octanol–water partition coefficient (Wildman–Crippen LogP) is 4.40. The first-order chi connectivity index (χ1) is 12.0. The summed E-state index contributed by atoms with van der Waals surface area (Å²) in [6.07, 6.45) is 1.81. The van der Waals surface area contributed by atoms with Gasteiger partial charge in [-0.3, -0.25) is 4.79 Å². The van der Waals surface area contributed by atoms with E-state index in [1.807, 2.05) is 13.0 Å². The number of carbonyl (C=O) groups is 1. The van der Waals surface area contributed by atoms with Crippen LogP contribution in [-0.4, -0.2) is 30.1 Å². The van der Waals surface area contributed by atoms with Crippen LogP contribution < -0.4 is 5.32 Å². The second-order valence-corrected chi connectivity index (χ2v) is 7.25. The van der Waals surface area contributed by atoms with Crippen LogP contribution in [0.3, 0.4) is 0 Å². The summed E-state index contributed by atoms with van der Waals surface area (Å²) in [6, 6.07) is 1.95. The Bertz CT molecular complexity index is 770. The molecule has 0 saturated carbocycles. The Labute approximate surface area is 150 Å². The zero-order chi connectivity index (χ0) is 18.0. The SMILES string of the molecule is CC[C@@H](CSC(C)=O)Nc1coc2c(F)c(C)c(C3OCCO3)cc12. The van der Waals surface area contributed by atoms with Crippen molar-refractivity contribution in [3.8, 4) is 0 Å². The second kappa shape index (κ2) is 7.76. The molecule has 5 nitrogen and oxygen atoms in total. The van der Waals surface area contributed by atoms with E-state index in [0.29, 0.717) is 41.2 Å². The normalized spacial score (nSPS) is 16.5. The summed E-state index contributed by atoms with van der Waals surface area (Å²) in [5.41, 5.74) is 2.08. The number of rotatable bonds is 6. The van der Waals surface area contributed by atoms with Gasteiger partial charge in [-0.05, 0) is 25.0 Å². The third kappa shape index (κ3) is 3.83. The van der Waals surface area contributed by atoms with E-state index in [9.17, 15) is 9.18 Å². The lowest BCUT2D eigenvalue weighted by atomic mass is 10.0. The van der Waals surface area contributed by atoms with Crippen LogP contribution in [0.15, 0.2) is 16.7 Å². The molecule has 1 N–H and O–H groups in total. The number of hydrogen-bond acceptors (Lipinski definition) is 6. The number of halogens is 1. The Morgan fingerprint density at radius 3 is 2.80 bits per heavy atom. The maximum Gasteiger partial charge on any atom is 0.185 e. The van der Waals surface area contributed by atoms with Crippen LogP contribution in [0.5, 0.6) is 0 Å². The number of hydrogen-bond donors (Lipinski definition) is 1. The quantitative estimate of drug-likeness (QED) is 0.817. The van der Waals surface area contributed by atoms with Gasteiger partial charge in [-0.1, -0.05) is 18.7 Å². The Hall–Kier alpha value is -1.57. The van der Waals surface area contributed by atoms with Gasteiger partial charge in [-0.2, -0.15) is 0 Å². The van der Waals surface area contributed by atoms with E-state index in [1.165, 1.54) is 18.0 Å². The van der Waals surface area contributed by atoms with Gasteiger partial charge >= 0.3 is 0 Å². The molecule has 2 heterocycles. The van der Waals surface area contributed by atoms with Crippen LogP contribution in [0.25, 0.3) is 11.0 Å². The van der Waals surface area contributed by atoms with Gasteiger partial charge in [0.2, 0.25) is 0 Å². The van der Waals surface area contributed by atoms with Gasteiger partial charge in [-0.25, -0.2) is 4.39 Å². The van der Waals surface area contributed by atoms with Crippen LogP contribution in [-0.2, 0) is 14.3 Å². The number of furan rings is 1. The highest BCUT2D eigenvalue weighted by Crippen LogP contribution is 2.36. The first kappa shape index (κ1) is 18.2. The maximum atomic E-state index is 14.7. The molecule has 1 fully saturated rings. The van der Waals surface area contributed by atoms with Crippen LogP contribution in [0.4, 0.5) is 10.1 Å². The highest BCUT2D eigenvalue weighted by atomic mass is 32.2. The molecule has 7 heteroatoms. The van der Waals surface area contributed by atoms with Crippen molar-refractivity contribution in [2.24, 2.45) is 0 Å². The molecule has 3 rings (SSSR count). The van der Waals surface area contributed by atoms with Crippen molar-refractivity contribution in [1.82, 2.24) is 0 Å². The smallest absolute Gasteiger partial charge is 0.185 e. The molecule has 0 amide bonds. The zero-order valence-corrected chi connectivity index (χ0v) is 15.4. The van der Waals surface area contributed by atoms with Gasteiger partial charge in [0.25, 0.3) is 0 Å². The number of anilines is 1. The molecule has 1 aliphatic rings. The Morgan fingerprint density at radius 2 is 2.16 bits per heavy atom. The Kier molecular flexibility index (Phi) is 5.66. The Morgan fingerprint density at radius 1 is 1.44 bits per heavy atom. The van der Waals surface area contributed by atoms with Crippen LogP contribution in [0, 0.1) is 12.7 Å². The molecule has 1 aliphatic heterocycles. The monoisotopic (exact) mass is 367 g/mol. The molecule has 1 atom stereocenters. The maximum absolute atomic E-state index is 14.7. The molecule has 1 aromatic heterocycles. The van der Waals surface area contributed by atoms with Crippen molar-refractivity contribution >= 4 is 33.5 Å². The summed E-state index contributed by atoms with van der Waals surface area (Å²) in [7, 11) is 0. The van der Waals surface area contributed by atoms with Gasteiger partial charge in [0.15, 0.2) is 22.8 Å². The van der Waals surface area contributed by atoms with Gasteiger partial charge in [0, 0.05) is 29.7 Å². The van der Waals surface area contributed by atoms with Crippen LogP contribution in [0.2, 0.25) is 0 Å². The lowest BCUT2D eigenvalue weighted by molar-refractivity contribution is -0.109. The molecule has 1 saturated heterocycles. The fourth-order valence-electron chi connectivity index (χ4n) is 2.84. The van der Waals surface area contributed by atoms with E-state index >= 15 is 0 Å². The summed E-state index contributed by atoms with van der Waals surface area (Å²) in [6.45, 7) is 6.29. The fraction of sp³-hybridized carbons (Fsp3) is 0.500. The second-order valence-electron chi connectivity index (χ2n) is 6.06. The van der Waals surface area contributed by atoms with Gasteiger partial charge in [0.05, 0.1) is 18.9 Å². The average molecular weight is 367 g/mol. The van der Waals surface area contributed by atoms with Gasteiger partial charge in [-0.15, -0.1) is 0 Å². The minimum Gasteiger partial charge on any atom is -0.459 e. The summed E-state index contributed by atoms with van der Waals surface area (Å²) in [4.78, 5) is 11.2. The van der Waals surface area contributed by atoms with Crippen molar-refractivity contribution in [1.29, 1.82) is 0 Å². The summed E-state index contributed by atoms with van der Waals surface area (Å²) in [5, 5.41) is 4.09. The first-order valence-corrected chi connectivity index (χ1v) is 9.33. The van der Waals surface area contributed by atoms with Crippen LogP contribution >= 0.6 is 11.8 Å². The first-order valence-electron chi connectivity index (χ1n) is 8.34. The van der Waals surface area contributed by atoms with E-state index in [2.05, 4.69) is 5.32 Å². The topological polar surface area (TPSA) is 60.7 Å². The number of nitrogens with one attached hydrogen (secondary N) is 1. The fourth-order valence-corrected chi connectivity index (χ4v) is 3.59. The standard InChI is InChI=1S/C18H22FNO4S/c1-4-12(9-25-11(3)21)20-15-8-24-17-14(15)7-13(10(2)16(17)19)18-22-5-6-23-18/h7-8,12,18,20H,4-6,9H2,1-3H3/t12-/m0/s1. The molecule has 0 bridgehead atoms. The molecule has 0 aliphatic carbocycles. The minimum atomic E-state index is -0.545. The predicted molar refractivity (Wildman–Crippen MR) is 96.4 cm³/mol. The lowest BCUT2D eigenvalue weighted by Crippen LogP contribution is -2.21. The van der Waals surface area contributed by atoms with Crippen molar-refractivity contribution in [3.05, 3.63) is 29.3 Å². The lowest BCUT2D eigenvalue weighted by Gasteiger charge is -2.17. The van der Waals surface area contributed by atoms with Gasteiger partial charge in [0.1, 0.15) is 6.26 Å². The van der Waals surface area contributed by atoms with Crippen molar-refractivity contribution < 1.29 is 23.1 Å². The molecule has 2 aromatic rings. The van der Waals surface area contributed by atoms with E-state index in [1.54, 1.807) is 13.8 Å². The third-order valence-corrected chi connectivity index (χ3v) is 5.28. The Balaban J connectivity index is 1.92. The number of benzene rings is 1. The van der Waals surface area contributed by atoms with Crippen LogP contribution in [0.1, 0.15) is 37.7 Å². The number of ether oxygens (including phenoxy) is 2. The van der Waals surface area contributed by atoms with Gasteiger partial charge < -0.3 is 19.2 Å². The van der Waals surface area contributed by atoms with E-state index < -0.39 is 12.1 Å². The van der Waals surface area contributed by atoms with Crippen molar-refractivity contribution in [3.63, 3.8) is 0 Å². The molecule has 25 heavy (non-hydrogen) atoms. The number of carbonyl (C=O) groups excluding carboxylic acids is 1. The number of thioether (sulfide) groups is 1. The van der Waals surface area contributed by atoms with E-state index in [0.717, 1.165) is 6.42 Å². The minimum absolute atomic E-state index is 0.0804. The third-order valence-electron chi connectivity index (χ3n) is 4.31. The molecule has 0 radical (unpaired) electrons. The molecular formula is C18H22FNO4S. The van der Waals surface area contributed by atoms with E-state index in [-0.39, 0.29) is 16.7 Å².